The van der Waals surface area contributed by atoms with Crippen molar-refractivity contribution >= 4 is 23.1 Å². The zero-order chi connectivity index (χ0) is 29.4. The van der Waals surface area contributed by atoms with E-state index in [0.717, 1.165) is 11.1 Å². The van der Waals surface area contributed by atoms with E-state index in [0.29, 0.717) is 41.8 Å². The van der Waals surface area contributed by atoms with Crippen LogP contribution in [0, 0.1) is 6.92 Å². The van der Waals surface area contributed by atoms with Crippen molar-refractivity contribution in [1.29, 1.82) is 0 Å². The van der Waals surface area contributed by atoms with Gasteiger partial charge in [0.2, 0.25) is 0 Å². The lowest BCUT2D eigenvalue weighted by Crippen LogP contribution is -2.38. The van der Waals surface area contributed by atoms with Crippen molar-refractivity contribution in [3.8, 4) is 5.69 Å². The van der Waals surface area contributed by atoms with Crippen molar-refractivity contribution in [1.82, 2.24) is 20.2 Å². The number of hydrogen-bond acceptors (Lipinski definition) is 6. The van der Waals surface area contributed by atoms with Crippen LogP contribution >= 0.6 is 0 Å². The van der Waals surface area contributed by atoms with Gasteiger partial charge in [0, 0.05) is 6.54 Å². The number of aromatic nitrogens is 2. The Morgan fingerprint density at radius 1 is 0.927 bits per heavy atom. The topological polar surface area (TPSA) is 112 Å². The molecular weight excluding hydrogens is 520 g/mol. The van der Waals surface area contributed by atoms with Crippen LogP contribution in [0.25, 0.3) is 16.6 Å². The van der Waals surface area contributed by atoms with Crippen LogP contribution in [0.5, 0.6) is 0 Å². The minimum atomic E-state index is -0.717. The van der Waals surface area contributed by atoms with E-state index in [-0.39, 0.29) is 12.2 Å². The quantitative estimate of drug-likeness (QED) is 0.246. The number of fused-ring (bicyclic) bond motifs is 1. The van der Waals surface area contributed by atoms with Gasteiger partial charge in [0.1, 0.15) is 18.0 Å². The van der Waals surface area contributed by atoms with Gasteiger partial charge in [0.05, 0.1) is 22.6 Å². The molecule has 3 aromatic carbocycles. The smallest absolute Gasteiger partial charge is 0.408 e. The predicted octanol–water partition coefficient (Wildman–Crippen LogP) is 5.97. The summed E-state index contributed by atoms with van der Waals surface area (Å²) in [7, 11) is 0. The zero-order valence-electron chi connectivity index (χ0n) is 23.8. The molecule has 0 spiro atoms. The van der Waals surface area contributed by atoms with Crippen LogP contribution in [-0.4, -0.2) is 33.9 Å². The third-order valence-electron chi connectivity index (χ3n) is 6.30. The number of nitrogens with one attached hydrogen (secondary N) is 2. The average Bonchev–Trinajstić information content (AvgIpc) is 2.93. The molecule has 9 nitrogen and oxygen atoms in total. The number of amides is 2. The maximum absolute atomic E-state index is 13.9. The molecule has 4 aromatic rings. The number of rotatable bonds is 9. The molecule has 1 heterocycles. The molecule has 9 heteroatoms. The standard InChI is InChI=1S/C32H36N4O5/c1-22-13-11-18-25-27(22)29(37)36(24-16-9-6-10-17-24)28(34-25)26(35-31(39)41-32(2,3)4)19-12-20-33-30(38)40-21-23-14-7-5-8-15-23/h5-11,13-18,26H,12,19-21H2,1-4H3,(H,33,38)(H,35,39). The Bertz CT molecular complexity index is 1550. The first-order valence-electron chi connectivity index (χ1n) is 13.6. The largest absolute Gasteiger partial charge is 0.445 e. The van der Waals surface area contributed by atoms with Gasteiger partial charge in [-0.05, 0) is 69.9 Å². The fourth-order valence-electron chi connectivity index (χ4n) is 4.46. The van der Waals surface area contributed by atoms with E-state index in [1.807, 2.05) is 79.7 Å². The van der Waals surface area contributed by atoms with Crippen LogP contribution in [0.2, 0.25) is 0 Å². The number of nitrogens with zero attached hydrogens (tertiary/aromatic N) is 2. The van der Waals surface area contributed by atoms with Gasteiger partial charge in [-0.25, -0.2) is 14.6 Å². The summed E-state index contributed by atoms with van der Waals surface area (Å²) in [6.45, 7) is 7.68. The van der Waals surface area contributed by atoms with Crippen molar-refractivity contribution in [2.45, 2.75) is 58.8 Å². The van der Waals surface area contributed by atoms with Gasteiger partial charge in [-0.2, -0.15) is 0 Å². The zero-order valence-corrected chi connectivity index (χ0v) is 23.8. The normalized spacial score (nSPS) is 12.0. The summed E-state index contributed by atoms with van der Waals surface area (Å²) < 4.78 is 12.4. The lowest BCUT2D eigenvalue weighted by Gasteiger charge is -2.25. The maximum atomic E-state index is 13.9. The highest BCUT2D eigenvalue weighted by Crippen LogP contribution is 2.23. The predicted molar refractivity (Wildman–Crippen MR) is 158 cm³/mol. The highest BCUT2D eigenvalue weighted by Gasteiger charge is 2.26. The van der Waals surface area contributed by atoms with Gasteiger partial charge in [0.15, 0.2) is 0 Å². The Morgan fingerprint density at radius 2 is 1.61 bits per heavy atom. The van der Waals surface area contributed by atoms with Crippen molar-refractivity contribution in [3.63, 3.8) is 0 Å². The number of para-hydroxylation sites is 1. The lowest BCUT2D eigenvalue weighted by atomic mass is 10.1. The Balaban J connectivity index is 1.60. The Kier molecular flexibility index (Phi) is 9.39. The van der Waals surface area contributed by atoms with Gasteiger partial charge < -0.3 is 20.1 Å². The molecule has 214 valence electrons. The molecule has 2 N–H and O–H groups in total. The lowest BCUT2D eigenvalue weighted by molar-refractivity contribution is 0.0497. The molecule has 1 aromatic heterocycles. The fourth-order valence-corrected chi connectivity index (χ4v) is 4.46. The first-order chi connectivity index (χ1) is 19.6. The van der Waals surface area contributed by atoms with Gasteiger partial charge in [0.25, 0.3) is 5.56 Å². The van der Waals surface area contributed by atoms with Crippen molar-refractivity contribution in [2.24, 2.45) is 0 Å². The Labute approximate surface area is 239 Å². The van der Waals surface area contributed by atoms with E-state index in [4.69, 9.17) is 14.5 Å². The molecule has 4 rings (SSSR count). The van der Waals surface area contributed by atoms with Crippen molar-refractivity contribution in [3.05, 3.63) is 106 Å². The van der Waals surface area contributed by atoms with E-state index in [1.54, 1.807) is 31.4 Å². The highest BCUT2D eigenvalue weighted by molar-refractivity contribution is 5.81. The van der Waals surface area contributed by atoms with E-state index in [9.17, 15) is 14.4 Å². The second-order valence-corrected chi connectivity index (χ2v) is 10.7. The first-order valence-corrected chi connectivity index (χ1v) is 13.6. The van der Waals surface area contributed by atoms with Gasteiger partial charge >= 0.3 is 12.2 Å². The summed E-state index contributed by atoms with van der Waals surface area (Å²) in [6, 6.07) is 23.4. The minimum Gasteiger partial charge on any atom is -0.445 e. The van der Waals surface area contributed by atoms with Crippen LogP contribution in [0.4, 0.5) is 9.59 Å². The first kappa shape index (κ1) is 29.3. The monoisotopic (exact) mass is 556 g/mol. The van der Waals surface area contributed by atoms with Gasteiger partial charge in [-0.15, -0.1) is 0 Å². The van der Waals surface area contributed by atoms with Crippen molar-refractivity contribution < 1.29 is 19.1 Å². The molecule has 0 fully saturated rings. The summed E-state index contributed by atoms with van der Waals surface area (Å²) in [4.78, 5) is 43.9. The summed E-state index contributed by atoms with van der Waals surface area (Å²) >= 11 is 0. The SMILES string of the molecule is Cc1cccc2nc(C(CCCNC(=O)OCc3ccccc3)NC(=O)OC(C)(C)C)n(-c3ccccc3)c(=O)c12. The van der Waals surface area contributed by atoms with Crippen LogP contribution < -0.4 is 16.2 Å². The van der Waals surface area contributed by atoms with Crippen molar-refractivity contribution in [2.75, 3.05) is 6.54 Å². The molecule has 0 bridgehead atoms. The molecule has 0 aliphatic heterocycles. The fraction of sp³-hybridized carbons (Fsp3) is 0.312. The van der Waals surface area contributed by atoms with Crippen LogP contribution in [0.1, 0.15) is 56.6 Å². The molecule has 1 atom stereocenters. The highest BCUT2D eigenvalue weighted by atomic mass is 16.6. The number of aryl methyl sites for hydroxylation is 1. The molecule has 1 unspecified atom stereocenters. The van der Waals surface area contributed by atoms with Crippen LogP contribution in [0.15, 0.2) is 83.7 Å². The summed E-state index contributed by atoms with van der Waals surface area (Å²) in [5, 5.41) is 6.18. The summed E-state index contributed by atoms with van der Waals surface area (Å²) in [5.74, 6) is 0.372. The molecule has 0 saturated heterocycles. The summed E-state index contributed by atoms with van der Waals surface area (Å²) in [6.07, 6.45) is -0.325. The minimum absolute atomic E-state index is 0.166. The third kappa shape index (κ3) is 7.94. The molecule has 0 aliphatic rings. The van der Waals surface area contributed by atoms with Gasteiger partial charge in [-0.1, -0.05) is 60.7 Å². The van der Waals surface area contributed by atoms with E-state index in [1.165, 1.54) is 0 Å². The molecule has 2 amide bonds. The number of carbonyl (C=O) groups is 2. The Hall–Kier alpha value is -4.66. The van der Waals surface area contributed by atoms with E-state index < -0.39 is 23.8 Å². The molecule has 0 aliphatic carbocycles. The van der Waals surface area contributed by atoms with E-state index in [2.05, 4.69) is 10.6 Å². The number of benzene rings is 3. The number of hydrogen-bond donors (Lipinski definition) is 2. The number of ether oxygens (including phenoxy) is 2. The number of alkyl carbamates (subject to hydrolysis) is 2. The average molecular weight is 557 g/mol. The second-order valence-electron chi connectivity index (χ2n) is 10.7. The van der Waals surface area contributed by atoms with E-state index >= 15 is 0 Å². The van der Waals surface area contributed by atoms with Gasteiger partial charge in [-0.3, -0.25) is 9.36 Å². The third-order valence-corrected chi connectivity index (χ3v) is 6.30. The molecular formula is C32H36N4O5. The molecule has 0 radical (unpaired) electrons. The number of carbonyl (C=O) groups excluding carboxylic acids is 2. The second kappa shape index (κ2) is 13.1. The molecule has 0 saturated carbocycles. The maximum Gasteiger partial charge on any atom is 0.408 e. The molecule has 41 heavy (non-hydrogen) atoms. The van der Waals surface area contributed by atoms with Crippen LogP contribution in [-0.2, 0) is 16.1 Å². The summed E-state index contributed by atoms with van der Waals surface area (Å²) in [5.41, 5.74) is 1.92. The van der Waals surface area contributed by atoms with Crippen LogP contribution in [0.3, 0.4) is 0 Å². The Morgan fingerprint density at radius 3 is 2.29 bits per heavy atom.